The third kappa shape index (κ3) is 14.5. The van der Waals surface area contributed by atoms with Crippen LogP contribution in [-0.4, -0.2) is 21.7 Å². The average Bonchev–Trinajstić information content (AvgIpc) is 3.30. The number of para-hydroxylation sites is 2. The standard InChI is InChI=1S/C15H19N.C13H17NO2.C10H14O.4CH4/c1-15(2,3)13-10-16-9-5-7-11-6-4-8-12(13)14(11)16;1-5-12(15)14-10-7-6-8-11(9-10)16-13(2,3)4;1-10(2,3)11-9-7-5-4-6-8-9;;;;/h4,6,8,10H,5,7,9H2,1-3H3;5-9H,1H2,2-4H3,(H,14,15);4-8H,1-3H3;4*1H4. The summed E-state index contributed by atoms with van der Waals surface area (Å²) < 4.78 is 13.7. The van der Waals surface area contributed by atoms with Crippen molar-refractivity contribution in [3.05, 3.63) is 103 Å². The second-order valence-electron chi connectivity index (χ2n) is 13.9. The maximum absolute atomic E-state index is 11.1. The van der Waals surface area contributed by atoms with Gasteiger partial charge in [-0.25, -0.2) is 0 Å². The molecular formula is C42H66N2O3. The number of carbonyl (C=O) groups is 1. The minimum Gasteiger partial charge on any atom is -0.488 e. The topological polar surface area (TPSA) is 52.5 Å². The fraction of sp³-hybridized carbons (Fsp3) is 0.452. The zero-order valence-corrected chi connectivity index (χ0v) is 27.6. The van der Waals surface area contributed by atoms with Gasteiger partial charge in [0.2, 0.25) is 5.91 Å². The molecule has 262 valence electrons. The van der Waals surface area contributed by atoms with E-state index in [9.17, 15) is 4.79 Å². The molecule has 2 heterocycles. The molecule has 5 rings (SSSR count). The van der Waals surface area contributed by atoms with Crippen LogP contribution in [0.15, 0.2) is 91.6 Å². The Kier molecular flexibility index (Phi) is 18.2. The molecule has 1 aromatic heterocycles. The number of aromatic nitrogens is 1. The van der Waals surface area contributed by atoms with Crippen molar-refractivity contribution in [2.75, 3.05) is 5.32 Å². The normalized spacial score (nSPS) is 11.6. The van der Waals surface area contributed by atoms with Crippen molar-refractivity contribution >= 4 is 22.5 Å². The van der Waals surface area contributed by atoms with Crippen LogP contribution in [0.25, 0.3) is 10.9 Å². The lowest BCUT2D eigenvalue weighted by atomic mass is 9.86. The van der Waals surface area contributed by atoms with Gasteiger partial charge in [0.15, 0.2) is 0 Å². The molecule has 0 saturated heterocycles. The zero-order valence-electron chi connectivity index (χ0n) is 27.6. The quantitative estimate of drug-likeness (QED) is 0.224. The molecule has 0 spiro atoms. The van der Waals surface area contributed by atoms with Crippen LogP contribution in [0.4, 0.5) is 5.69 Å². The van der Waals surface area contributed by atoms with Gasteiger partial charge in [-0.3, -0.25) is 4.79 Å². The van der Waals surface area contributed by atoms with Crippen LogP contribution < -0.4 is 14.8 Å². The van der Waals surface area contributed by atoms with Crippen LogP contribution in [0, 0.1) is 0 Å². The van der Waals surface area contributed by atoms with Gasteiger partial charge in [0.05, 0.1) is 5.52 Å². The molecule has 0 bridgehead atoms. The first-order chi connectivity index (χ1) is 20.1. The van der Waals surface area contributed by atoms with E-state index in [2.05, 4.69) is 61.6 Å². The van der Waals surface area contributed by atoms with Gasteiger partial charge >= 0.3 is 0 Å². The molecule has 0 radical (unpaired) electrons. The Labute approximate surface area is 288 Å². The van der Waals surface area contributed by atoms with E-state index in [1.165, 1.54) is 47.5 Å². The van der Waals surface area contributed by atoms with E-state index in [1.54, 1.807) is 12.1 Å². The van der Waals surface area contributed by atoms with Crippen molar-refractivity contribution in [3.8, 4) is 11.5 Å². The number of nitrogens with one attached hydrogen (secondary N) is 1. The largest absolute Gasteiger partial charge is 0.488 e. The van der Waals surface area contributed by atoms with Crippen molar-refractivity contribution in [2.24, 2.45) is 0 Å². The highest BCUT2D eigenvalue weighted by molar-refractivity contribution is 5.98. The van der Waals surface area contributed by atoms with Crippen molar-refractivity contribution in [1.29, 1.82) is 0 Å². The molecule has 5 heteroatoms. The summed E-state index contributed by atoms with van der Waals surface area (Å²) in [7, 11) is 0. The van der Waals surface area contributed by atoms with Crippen molar-refractivity contribution < 1.29 is 14.3 Å². The first-order valence-electron chi connectivity index (χ1n) is 15.1. The van der Waals surface area contributed by atoms with Gasteiger partial charge in [0.25, 0.3) is 0 Å². The first kappa shape index (κ1) is 45.1. The molecule has 0 atom stereocenters. The number of aryl methyl sites for hydroxylation is 2. The fourth-order valence-electron chi connectivity index (χ4n) is 4.88. The number of carbonyl (C=O) groups excluding carboxylic acids is 1. The Hall–Kier alpha value is -3.99. The number of hydrogen-bond acceptors (Lipinski definition) is 3. The predicted molar refractivity (Wildman–Crippen MR) is 208 cm³/mol. The number of anilines is 1. The highest BCUT2D eigenvalue weighted by Crippen LogP contribution is 2.35. The van der Waals surface area contributed by atoms with Gasteiger partial charge in [0, 0.05) is 29.9 Å². The zero-order chi connectivity index (χ0) is 31.8. The second kappa shape index (κ2) is 19.0. The van der Waals surface area contributed by atoms with Crippen LogP contribution in [0.5, 0.6) is 11.5 Å². The van der Waals surface area contributed by atoms with Gasteiger partial charge in [0.1, 0.15) is 22.7 Å². The van der Waals surface area contributed by atoms with Gasteiger partial charge in [-0.2, -0.15) is 0 Å². The summed E-state index contributed by atoms with van der Waals surface area (Å²) >= 11 is 0. The number of ether oxygens (including phenoxy) is 2. The number of hydrogen-bond donors (Lipinski definition) is 1. The van der Waals surface area contributed by atoms with Crippen LogP contribution in [0.3, 0.4) is 0 Å². The summed E-state index contributed by atoms with van der Waals surface area (Å²) in [6.45, 7) is 23.5. The van der Waals surface area contributed by atoms with E-state index in [0.29, 0.717) is 5.69 Å². The Morgan fingerprint density at radius 1 is 0.766 bits per heavy atom. The minimum absolute atomic E-state index is 0. The van der Waals surface area contributed by atoms with E-state index in [4.69, 9.17) is 9.47 Å². The lowest BCUT2D eigenvalue weighted by molar-refractivity contribution is -0.111. The fourth-order valence-corrected chi connectivity index (χ4v) is 4.88. The number of amides is 1. The maximum atomic E-state index is 11.1. The van der Waals surface area contributed by atoms with Crippen LogP contribution in [0.1, 0.15) is 110 Å². The van der Waals surface area contributed by atoms with Gasteiger partial charge in [-0.1, -0.05) is 99.5 Å². The van der Waals surface area contributed by atoms with Crippen molar-refractivity contribution in [1.82, 2.24) is 4.57 Å². The summed E-state index contributed by atoms with van der Waals surface area (Å²) in [5.74, 6) is 1.43. The number of rotatable bonds is 4. The van der Waals surface area contributed by atoms with E-state index in [0.717, 1.165) is 11.5 Å². The molecule has 0 fully saturated rings. The van der Waals surface area contributed by atoms with E-state index in [1.807, 2.05) is 84.0 Å². The average molecular weight is 647 g/mol. The molecular weight excluding hydrogens is 580 g/mol. The Balaban J connectivity index is 0. The summed E-state index contributed by atoms with van der Waals surface area (Å²) in [4.78, 5) is 11.1. The van der Waals surface area contributed by atoms with E-state index >= 15 is 0 Å². The van der Waals surface area contributed by atoms with Crippen LogP contribution in [-0.2, 0) is 23.2 Å². The smallest absolute Gasteiger partial charge is 0.247 e. The monoisotopic (exact) mass is 647 g/mol. The minimum atomic E-state index is -0.249. The summed E-state index contributed by atoms with van der Waals surface area (Å²) in [5.41, 5.74) is 5.10. The van der Waals surface area contributed by atoms with Crippen LogP contribution in [0.2, 0.25) is 0 Å². The lowest BCUT2D eigenvalue weighted by Crippen LogP contribution is -2.23. The predicted octanol–water partition coefficient (Wildman–Crippen LogP) is 12.3. The highest BCUT2D eigenvalue weighted by Gasteiger charge is 2.22. The van der Waals surface area contributed by atoms with Crippen molar-refractivity contribution in [3.63, 3.8) is 0 Å². The first-order valence-corrected chi connectivity index (χ1v) is 15.1. The van der Waals surface area contributed by atoms with Gasteiger partial charge in [-0.05, 0) is 101 Å². The highest BCUT2D eigenvalue weighted by atomic mass is 16.5. The van der Waals surface area contributed by atoms with Crippen LogP contribution >= 0.6 is 0 Å². The van der Waals surface area contributed by atoms with Gasteiger partial charge < -0.3 is 19.4 Å². The lowest BCUT2D eigenvalue weighted by Gasteiger charge is -2.21. The molecule has 5 nitrogen and oxygen atoms in total. The Morgan fingerprint density at radius 3 is 1.87 bits per heavy atom. The SMILES string of the molecule is C.C.C.C.C=CC(=O)Nc1cccc(OC(C)(C)C)c1.CC(C)(C)Oc1ccccc1.CC(C)(C)c1cn2c3c(cccc13)CCC2. The number of benzene rings is 3. The molecule has 0 saturated carbocycles. The molecule has 0 unspecified atom stereocenters. The summed E-state index contributed by atoms with van der Waals surface area (Å²) in [5, 5.41) is 4.14. The Morgan fingerprint density at radius 2 is 1.32 bits per heavy atom. The molecule has 0 aliphatic carbocycles. The molecule has 1 amide bonds. The summed E-state index contributed by atoms with van der Waals surface area (Å²) in [6, 6.07) is 23.9. The molecule has 1 N–H and O–H groups in total. The summed E-state index contributed by atoms with van der Waals surface area (Å²) in [6.07, 6.45) is 6.12. The molecule has 4 aromatic rings. The van der Waals surface area contributed by atoms with E-state index < -0.39 is 0 Å². The molecule has 47 heavy (non-hydrogen) atoms. The third-order valence-electron chi connectivity index (χ3n) is 6.51. The second-order valence-corrected chi connectivity index (χ2v) is 13.9. The molecule has 1 aliphatic rings. The maximum Gasteiger partial charge on any atom is 0.247 e. The third-order valence-corrected chi connectivity index (χ3v) is 6.51. The number of nitrogens with zero attached hydrogens (tertiary/aromatic N) is 1. The van der Waals surface area contributed by atoms with Crippen molar-refractivity contribution in [2.45, 2.75) is 128 Å². The molecule has 3 aromatic carbocycles. The Bertz CT molecular complexity index is 1500. The van der Waals surface area contributed by atoms with Gasteiger partial charge in [-0.15, -0.1) is 0 Å². The van der Waals surface area contributed by atoms with E-state index in [-0.39, 0.29) is 52.2 Å². The molecule has 1 aliphatic heterocycles.